The van der Waals surface area contributed by atoms with Gasteiger partial charge >= 0.3 is 5.97 Å². The van der Waals surface area contributed by atoms with Gasteiger partial charge < -0.3 is 10.4 Å². The molecule has 0 heterocycles. The van der Waals surface area contributed by atoms with Crippen LogP contribution in [0.1, 0.15) is 26.3 Å². The van der Waals surface area contributed by atoms with Gasteiger partial charge in [-0.1, -0.05) is 32.9 Å². The van der Waals surface area contributed by atoms with Crippen LogP contribution in [-0.4, -0.2) is 17.1 Å². The van der Waals surface area contributed by atoms with Crippen molar-refractivity contribution in [3.05, 3.63) is 29.8 Å². The largest absolute Gasteiger partial charge is 0.480 e. The van der Waals surface area contributed by atoms with Crippen LogP contribution >= 0.6 is 0 Å². The molecule has 0 fully saturated rings. The van der Waals surface area contributed by atoms with Crippen LogP contribution in [0.3, 0.4) is 0 Å². The molecule has 0 bridgehead atoms. The Morgan fingerprint density at radius 2 is 2.00 bits per heavy atom. The molecule has 1 aromatic carbocycles. The Hall–Kier alpha value is -2.02. The van der Waals surface area contributed by atoms with Crippen molar-refractivity contribution in [3.63, 3.8) is 0 Å². The van der Waals surface area contributed by atoms with Crippen molar-refractivity contribution in [2.24, 2.45) is 5.41 Å². The van der Waals surface area contributed by atoms with Gasteiger partial charge in [0.15, 0.2) is 0 Å². The minimum absolute atomic E-state index is 0.436. The fourth-order valence-electron chi connectivity index (χ4n) is 1.51. The third kappa shape index (κ3) is 3.22. The molecule has 4 heteroatoms. The van der Waals surface area contributed by atoms with E-state index in [1.165, 1.54) is 0 Å². The van der Waals surface area contributed by atoms with E-state index in [0.717, 1.165) is 0 Å². The number of para-hydroxylation sites is 1. The summed E-state index contributed by atoms with van der Waals surface area (Å²) in [6.07, 6.45) is 0. The van der Waals surface area contributed by atoms with Crippen LogP contribution in [0.25, 0.3) is 0 Å². The van der Waals surface area contributed by atoms with E-state index in [2.05, 4.69) is 5.32 Å². The SMILES string of the molecule is CC(C)(C)C(Nc1ccccc1C#N)C(=O)O. The molecule has 0 aliphatic carbocycles. The Kier molecular flexibility index (Phi) is 3.74. The van der Waals surface area contributed by atoms with E-state index in [1.807, 2.05) is 26.8 Å². The lowest BCUT2D eigenvalue weighted by atomic mass is 9.86. The zero-order chi connectivity index (χ0) is 13.1. The van der Waals surface area contributed by atoms with Crippen LogP contribution in [-0.2, 0) is 4.79 Å². The molecule has 4 nitrogen and oxygen atoms in total. The van der Waals surface area contributed by atoms with Crippen LogP contribution in [0.15, 0.2) is 24.3 Å². The first-order chi connectivity index (χ1) is 7.86. The maximum absolute atomic E-state index is 11.2. The van der Waals surface area contributed by atoms with Crippen molar-refractivity contribution in [1.29, 1.82) is 5.26 Å². The molecular weight excluding hydrogens is 216 g/mol. The molecule has 90 valence electrons. The third-order valence-electron chi connectivity index (χ3n) is 2.46. The fraction of sp³-hybridized carbons (Fsp3) is 0.385. The third-order valence-corrected chi connectivity index (χ3v) is 2.46. The average Bonchev–Trinajstić information content (AvgIpc) is 2.24. The zero-order valence-electron chi connectivity index (χ0n) is 10.2. The van der Waals surface area contributed by atoms with E-state index < -0.39 is 17.4 Å². The predicted octanol–water partition coefficient (Wildman–Crippen LogP) is 2.47. The van der Waals surface area contributed by atoms with Gasteiger partial charge in [0.25, 0.3) is 0 Å². The Morgan fingerprint density at radius 3 is 2.47 bits per heavy atom. The Balaban J connectivity index is 3.03. The number of anilines is 1. The molecule has 0 aliphatic rings. The maximum Gasteiger partial charge on any atom is 0.326 e. The van der Waals surface area contributed by atoms with Crippen molar-refractivity contribution in [1.82, 2.24) is 0 Å². The first-order valence-corrected chi connectivity index (χ1v) is 5.34. The van der Waals surface area contributed by atoms with E-state index in [9.17, 15) is 9.90 Å². The van der Waals surface area contributed by atoms with Gasteiger partial charge in [-0.25, -0.2) is 4.79 Å². The van der Waals surface area contributed by atoms with Crippen molar-refractivity contribution in [2.75, 3.05) is 5.32 Å². The summed E-state index contributed by atoms with van der Waals surface area (Å²) in [6, 6.07) is 8.18. The standard InChI is InChI=1S/C13H16N2O2/c1-13(2,3)11(12(16)17)15-10-7-5-4-6-9(10)8-14/h4-7,11,15H,1-3H3,(H,16,17). The molecule has 0 aromatic heterocycles. The second kappa shape index (κ2) is 4.88. The lowest BCUT2D eigenvalue weighted by Gasteiger charge is -2.28. The normalized spacial score (nSPS) is 12.6. The summed E-state index contributed by atoms with van der Waals surface area (Å²) in [5.74, 6) is -0.926. The van der Waals surface area contributed by atoms with Gasteiger partial charge in [0.2, 0.25) is 0 Å². The van der Waals surface area contributed by atoms with Gasteiger partial charge in [0.1, 0.15) is 12.1 Å². The van der Waals surface area contributed by atoms with Crippen LogP contribution in [0.5, 0.6) is 0 Å². The van der Waals surface area contributed by atoms with Crippen molar-refractivity contribution in [2.45, 2.75) is 26.8 Å². The topological polar surface area (TPSA) is 73.1 Å². The quantitative estimate of drug-likeness (QED) is 0.839. The maximum atomic E-state index is 11.2. The Morgan fingerprint density at radius 1 is 1.41 bits per heavy atom. The molecule has 1 atom stereocenters. The Labute approximate surface area is 101 Å². The van der Waals surface area contributed by atoms with Gasteiger partial charge in [-0.15, -0.1) is 0 Å². The molecule has 0 saturated heterocycles. The minimum atomic E-state index is -0.926. The number of rotatable bonds is 3. The van der Waals surface area contributed by atoms with Crippen LogP contribution in [0.2, 0.25) is 0 Å². The first-order valence-electron chi connectivity index (χ1n) is 5.34. The smallest absolute Gasteiger partial charge is 0.326 e. The van der Waals surface area contributed by atoms with Crippen LogP contribution < -0.4 is 5.32 Å². The zero-order valence-corrected chi connectivity index (χ0v) is 10.2. The number of hydrogen-bond acceptors (Lipinski definition) is 3. The average molecular weight is 232 g/mol. The van der Waals surface area contributed by atoms with Gasteiger partial charge in [-0.3, -0.25) is 0 Å². The van der Waals surface area contributed by atoms with E-state index in [-0.39, 0.29) is 0 Å². The number of carboxylic acids is 1. The summed E-state index contributed by atoms with van der Waals surface area (Å²) < 4.78 is 0. The van der Waals surface area contributed by atoms with Crippen LogP contribution in [0.4, 0.5) is 5.69 Å². The molecule has 1 aromatic rings. The van der Waals surface area contributed by atoms with E-state index in [0.29, 0.717) is 11.3 Å². The fourth-order valence-corrected chi connectivity index (χ4v) is 1.51. The molecule has 0 aliphatic heterocycles. The minimum Gasteiger partial charge on any atom is -0.480 e. The molecular formula is C13H16N2O2. The second-order valence-electron chi connectivity index (χ2n) is 4.94. The Bertz CT molecular complexity index is 455. The van der Waals surface area contributed by atoms with Crippen molar-refractivity contribution in [3.8, 4) is 6.07 Å². The molecule has 0 saturated carbocycles. The van der Waals surface area contributed by atoms with E-state index in [4.69, 9.17) is 5.26 Å². The number of nitriles is 1. The van der Waals surface area contributed by atoms with Gasteiger partial charge in [0.05, 0.1) is 11.3 Å². The number of hydrogen-bond donors (Lipinski definition) is 2. The molecule has 2 N–H and O–H groups in total. The van der Waals surface area contributed by atoms with E-state index in [1.54, 1.807) is 24.3 Å². The summed E-state index contributed by atoms with van der Waals surface area (Å²) in [5.41, 5.74) is 0.564. The predicted molar refractivity (Wildman–Crippen MR) is 65.7 cm³/mol. The van der Waals surface area contributed by atoms with Gasteiger partial charge in [-0.2, -0.15) is 5.26 Å². The summed E-state index contributed by atoms with van der Waals surface area (Å²) >= 11 is 0. The summed E-state index contributed by atoms with van der Waals surface area (Å²) in [4.78, 5) is 11.2. The van der Waals surface area contributed by atoms with Gasteiger partial charge in [-0.05, 0) is 17.5 Å². The number of carboxylic acid groups (broad SMARTS) is 1. The summed E-state index contributed by atoms with van der Waals surface area (Å²) in [6.45, 7) is 5.52. The summed E-state index contributed by atoms with van der Waals surface area (Å²) in [5, 5.41) is 21.0. The second-order valence-corrected chi connectivity index (χ2v) is 4.94. The van der Waals surface area contributed by atoms with E-state index >= 15 is 0 Å². The molecule has 1 unspecified atom stereocenters. The number of nitrogens with zero attached hydrogens (tertiary/aromatic N) is 1. The molecule has 0 radical (unpaired) electrons. The first kappa shape index (κ1) is 13.0. The van der Waals surface area contributed by atoms with Crippen LogP contribution in [0, 0.1) is 16.7 Å². The molecule has 0 amide bonds. The highest BCUT2D eigenvalue weighted by molar-refractivity contribution is 5.79. The highest BCUT2D eigenvalue weighted by atomic mass is 16.4. The lowest BCUT2D eigenvalue weighted by Crippen LogP contribution is -2.41. The lowest BCUT2D eigenvalue weighted by molar-refractivity contribution is -0.140. The molecule has 0 spiro atoms. The molecule has 1 rings (SSSR count). The highest BCUT2D eigenvalue weighted by Crippen LogP contribution is 2.25. The number of aliphatic carboxylic acids is 1. The monoisotopic (exact) mass is 232 g/mol. The molecule has 17 heavy (non-hydrogen) atoms. The summed E-state index contributed by atoms with van der Waals surface area (Å²) in [7, 11) is 0. The highest BCUT2D eigenvalue weighted by Gasteiger charge is 2.31. The number of carbonyl (C=O) groups is 1. The number of nitrogens with one attached hydrogen (secondary N) is 1. The van der Waals surface area contributed by atoms with Crippen molar-refractivity contribution >= 4 is 11.7 Å². The van der Waals surface area contributed by atoms with Gasteiger partial charge in [0, 0.05) is 0 Å². The van der Waals surface area contributed by atoms with Crippen molar-refractivity contribution < 1.29 is 9.90 Å². The number of benzene rings is 1.